The molecule has 2 aliphatic rings. The summed E-state index contributed by atoms with van der Waals surface area (Å²) in [6.45, 7) is 1.98. The number of thiazole rings is 2. The molecule has 2 fully saturated rings. The maximum Gasteiger partial charge on any atom is 0.184 e. The first kappa shape index (κ1) is 29.8. The largest absolute Gasteiger partial charge is 0.497 e. The molecule has 39 heavy (non-hydrogen) atoms. The van der Waals surface area contributed by atoms with E-state index in [0.717, 1.165) is 57.3 Å². The third kappa shape index (κ3) is 9.20. The predicted octanol–water partition coefficient (Wildman–Crippen LogP) is 8.78. The standard InChI is InChI=1S/C15H20N2OS.C8H6ClNOS.C7H15N/c1-18-12-7-8-13-14(9-12)19-15(17-13)16-10-11-5-3-2-4-6-11;1-11-5-2-3-6-7(4-5)12-8(9)10-6;8-6-7-4-2-1-3-5-7/h7-9,11H,2-6,10H2,1H3,(H,16,17);2-4H,1H3;7H,1-6,8H2. The van der Waals surface area contributed by atoms with Gasteiger partial charge in [0.05, 0.1) is 34.7 Å². The van der Waals surface area contributed by atoms with Gasteiger partial charge in [-0.25, -0.2) is 9.97 Å². The average Bonchev–Trinajstić information content (AvgIpc) is 3.58. The normalized spacial score (nSPS) is 16.2. The van der Waals surface area contributed by atoms with Crippen molar-refractivity contribution < 1.29 is 9.47 Å². The first-order valence-corrected chi connectivity index (χ1v) is 16.1. The number of halogens is 1. The number of ether oxygens (including phenoxy) is 2. The van der Waals surface area contributed by atoms with Crippen LogP contribution in [0.2, 0.25) is 4.47 Å². The lowest BCUT2D eigenvalue weighted by Gasteiger charge is -2.21. The van der Waals surface area contributed by atoms with Crippen LogP contribution in [0, 0.1) is 11.8 Å². The van der Waals surface area contributed by atoms with E-state index in [9.17, 15) is 0 Å². The van der Waals surface area contributed by atoms with Crippen LogP contribution < -0.4 is 20.5 Å². The minimum absolute atomic E-state index is 0.568. The van der Waals surface area contributed by atoms with E-state index in [2.05, 4.69) is 21.4 Å². The molecular weight excluding hydrogens is 548 g/mol. The second kappa shape index (κ2) is 15.6. The number of methoxy groups -OCH3 is 2. The van der Waals surface area contributed by atoms with E-state index in [1.165, 1.54) is 80.2 Å². The summed E-state index contributed by atoms with van der Waals surface area (Å²) in [5.74, 6) is 3.43. The maximum absolute atomic E-state index is 5.75. The summed E-state index contributed by atoms with van der Waals surface area (Å²) in [7, 11) is 3.34. The lowest BCUT2D eigenvalue weighted by molar-refractivity contribution is 0.366. The quantitative estimate of drug-likeness (QED) is 0.234. The summed E-state index contributed by atoms with van der Waals surface area (Å²) in [6, 6.07) is 11.7. The van der Waals surface area contributed by atoms with Gasteiger partial charge in [0.15, 0.2) is 9.60 Å². The van der Waals surface area contributed by atoms with Crippen molar-refractivity contribution in [3.05, 3.63) is 40.9 Å². The van der Waals surface area contributed by atoms with Crippen molar-refractivity contribution in [2.24, 2.45) is 17.6 Å². The van der Waals surface area contributed by atoms with Crippen LogP contribution in [-0.4, -0.2) is 37.3 Å². The van der Waals surface area contributed by atoms with E-state index in [0.29, 0.717) is 4.47 Å². The lowest BCUT2D eigenvalue weighted by atomic mass is 9.89. The van der Waals surface area contributed by atoms with Gasteiger partial charge in [-0.3, -0.25) is 0 Å². The number of rotatable bonds is 6. The van der Waals surface area contributed by atoms with Crippen molar-refractivity contribution in [2.75, 3.05) is 32.6 Å². The third-order valence-electron chi connectivity index (χ3n) is 7.49. The van der Waals surface area contributed by atoms with Gasteiger partial charge in [0, 0.05) is 6.54 Å². The highest BCUT2D eigenvalue weighted by molar-refractivity contribution is 7.22. The number of nitrogens with zero attached hydrogens (tertiary/aromatic N) is 2. The van der Waals surface area contributed by atoms with Gasteiger partial charge < -0.3 is 20.5 Å². The molecule has 0 aliphatic heterocycles. The molecule has 0 spiro atoms. The van der Waals surface area contributed by atoms with Crippen LogP contribution in [0.3, 0.4) is 0 Å². The number of nitrogens with one attached hydrogen (secondary N) is 1. The molecule has 9 heteroatoms. The van der Waals surface area contributed by atoms with Crippen LogP contribution >= 0.6 is 34.3 Å². The molecule has 0 bridgehead atoms. The molecule has 3 N–H and O–H groups in total. The Labute approximate surface area is 245 Å². The van der Waals surface area contributed by atoms with Crippen molar-refractivity contribution >= 4 is 59.8 Å². The van der Waals surface area contributed by atoms with E-state index in [1.54, 1.807) is 25.6 Å². The van der Waals surface area contributed by atoms with Crippen LogP contribution in [-0.2, 0) is 0 Å². The number of hydrogen-bond donors (Lipinski definition) is 2. The Kier molecular flexibility index (Phi) is 11.9. The highest BCUT2D eigenvalue weighted by Crippen LogP contribution is 2.31. The molecule has 2 aliphatic carbocycles. The molecule has 0 radical (unpaired) electrons. The summed E-state index contributed by atoms with van der Waals surface area (Å²) in [6.07, 6.45) is 14.0. The number of nitrogens with two attached hydrogens (primary N) is 1. The smallest absolute Gasteiger partial charge is 0.184 e. The highest BCUT2D eigenvalue weighted by atomic mass is 35.5. The molecule has 6 nitrogen and oxygen atoms in total. The molecule has 2 heterocycles. The molecule has 0 atom stereocenters. The molecule has 2 saturated carbocycles. The first-order chi connectivity index (χ1) is 19.1. The van der Waals surface area contributed by atoms with Gasteiger partial charge in [-0.2, -0.15) is 0 Å². The Morgan fingerprint density at radius 2 is 1.33 bits per heavy atom. The third-order valence-corrected chi connectivity index (χ3v) is 9.59. The lowest BCUT2D eigenvalue weighted by Crippen LogP contribution is -2.16. The molecule has 0 amide bonds. The molecule has 2 aromatic carbocycles. The number of aromatic nitrogens is 2. The summed E-state index contributed by atoms with van der Waals surface area (Å²) >= 11 is 8.91. The molecule has 2 aromatic heterocycles. The van der Waals surface area contributed by atoms with Crippen LogP contribution in [0.4, 0.5) is 5.13 Å². The van der Waals surface area contributed by atoms with Crippen LogP contribution in [0.25, 0.3) is 20.4 Å². The highest BCUT2D eigenvalue weighted by Gasteiger charge is 2.14. The SMILES string of the molecule is COc1ccc2nc(Cl)sc2c1.COc1ccc2nc(NCC3CCCCC3)sc2c1.NCC1CCCCC1. The van der Waals surface area contributed by atoms with Gasteiger partial charge >= 0.3 is 0 Å². The van der Waals surface area contributed by atoms with E-state index in [1.807, 2.05) is 30.3 Å². The zero-order valence-corrected chi connectivity index (χ0v) is 25.5. The van der Waals surface area contributed by atoms with Crippen LogP contribution in [0.15, 0.2) is 36.4 Å². The summed E-state index contributed by atoms with van der Waals surface area (Å²) in [5, 5.41) is 4.54. The fourth-order valence-electron chi connectivity index (χ4n) is 5.16. The Hall–Kier alpha value is -2.13. The van der Waals surface area contributed by atoms with Crippen LogP contribution in [0.1, 0.15) is 64.2 Å². The molecule has 212 valence electrons. The zero-order chi connectivity index (χ0) is 27.5. The number of hydrogen-bond acceptors (Lipinski definition) is 8. The molecule has 6 rings (SSSR count). The minimum atomic E-state index is 0.568. The first-order valence-electron chi connectivity index (χ1n) is 14.1. The number of anilines is 1. The Morgan fingerprint density at radius 1 is 0.795 bits per heavy atom. The topological polar surface area (TPSA) is 82.3 Å². The van der Waals surface area contributed by atoms with E-state index < -0.39 is 0 Å². The minimum Gasteiger partial charge on any atom is -0.497 e. The summed E-state index contributed by atoms with van der Waals surface area (Å²) in [5.41, 5.74) is 7.48. The molecule has 4 aromatic rings. The van der Waals surface area contributed by atoms with Crippen molar-refractivity contribution in [1.29, 1.82) is 0 Å². The van der Waals surface area contributed by atoms with Gasteiger partial charge in [-0.15, -0.1) is 11.3 Å². The summed E-state index contributed by atoms with van der Waals surface area (Å²) < 4.78 is 13.1. The van der Waals surface area contributed by atoms with Gasteiger partial charge in [0.2, 0.25) is 0 Å². The Bertz CT molecular complexity index is 1280. The van der Waals surface area contributed by atoms with E-state index >= 15 is 0 Å². The monoisotopic (exact) mass is 588 g/mol. The van der Waals surface area contributed by atoms with Gasteiger partial charge in [0.25, 0.3) is 0 Å². The van der Waals surface area contributed by atoms with Crippen molar-refractivity contribution in [3.63, 3.8) is 0 Å². The van der Waals surface area contributed by atoms with Crippen LogP contribution in [0.5, 0.6) is 11.5 Å². The Morgan fingerprint density at radius 3 is 1.87 bits per heavy atom. The Balaban J connectivity index is 0.000000150. The summed E-state index contributed by atoms with van der Waals surface area (Å²) in [4.78, 5) is 8.74. The average molecular weight is 589 g/mol. The van der Waals surface area contributed by atoms with Crippen molar-refractivity contribution in [1.82, 2.24) is 9.97 Å². The second-order valence-electron chi connectivity index (χ2n) is 10.3. The second-order valence-corrected chi connectivity index (χ2v) is 12.9. The van der Waals surface area contributed by atoms with Crippen molar-refractivity contribution in [2.45, 2.75) is 64.2 Å². The van der Waals surface area contributed by atoms with Gasteiger partial charge in [-0.1, -0.05) is 61.5 Å². The molecule has 0 unspecified atom stereocenters. The number of benzene rings is 2. The van der Waals surface area contributed by atoms with E-state index in [-0.39, 0.29) is 0 Å². The predicted molar refractivity (Wildman–Crippen MR) is 168 cm³/mol. The fourth-order valence-corrected chi connectivity index (χ4v) is 7.12. The molecular formula is C30H41ClN4O2S2. The van der Waals surface area contributed by atoms with Crippen molar-refractivity contribution in [3.8, 4) is 11.5 Å². The van der Waals surface area contributed by atoms with E-state index in [4.69, 9.17) is 26.8 Å². The maximum atomic E-state index is 5.75. The van der Waals surface area contributed by atoms with Gasteiger partial charge in [-0.05, 0) is 80.5 Å². The fraction of sp³-hybridized carbons (Fsp3) is 0.533. The number of fused-ring (bicyclic) bond motifs is 2. The molecule has 0 saturated heterocycles. The zero-order valence-electron chi connectivity index (χ0n) is 23.1. The van der Waals surface area contributed by atoms with Gasteiger partial charge in [0.1, 0.15) is 11.5 Å².